The summed E-state index contributed by atoms with van der Waals surface area (Å²) in [5.74, 6) is 0.0520. The number of carbonyl (C=O) groups is 1. The van der Waals surface area contributed by atoms with Crippen LogP contribution in [0.15, 0.2) is 35.0 Å². The van der Waals surface area contributed by atoms with Crippen molar-refractivity contribution in [3.8, 4) is 0 Å². The zero-order valence-corrected chi connectivity index (χ0v) is 12.4. The lowest BCUT2D eigenvalue weighted by molar-refractivity contribution is 0.0913. The van der Waals surface area contributed by atoms with E-state index in [0.29, 0.717) is 16.4 Å². The van der Waals surface area contributed by atoms with Gasteiger partial charge in [0.15, 0.2) is 5.76 Å². The standard InChI is InChI=1S/C15H14ClN3O2/c1-8-12-5-11(16)3-4-13(12)21-14(8)15(20)19-9(2)10-6-17-18-7-10/h3-7,9H,1-2H3,(H,17,18)(H,19,20). The number of rotatable bonds is 3. The van der Waals surface area contributed by atoms with Crippen LogP contribution in [0.3, 0.4) is 0 Å². The summed E-state index contributed by atoms with van der Waals surface area (Å²) in [6, 6.07) is 5.14. The molecule has 2 heterocycles. The topological polar surface area (TPSA) is 70.9 Å². The Morgan fingerprint density at radius 3 is 3.00 bits per heavy atom. The van der Waals surface area contributed by atoms with E-state index >= 15 is 0 Å². The molecule has 3 aromatic rings. The molecule has 0 aliphatic carbocycles. The molecule has 2 aromatic heterocycles. The first-order chi connectivity index (χ1) is 10.1. The van der Waals surface area contributed by atoms with Gasteiger partial charge in [0, 0.05) is 27.7 Å². The van der Waals surface area contributed by atoms with Gasteiger partial charge in [-0.05, 0) is 32.0 Å². The van der Waals surface area contributed by atoms with Gasteiger partial charge in [0.1, 0.15) is 5.58 Å². The molecule has 108 valence electrons. The first-order valence-corrected chi connectivity index (χ1v) is 6.92. The number of benzene rings is 1. The maximum absolute atomic E-state index is 12.4. The van der Waals surface area contributed by atoms with Crippen molar-refractivity contribution in [2.24, 2.45) is 0 Å². The fourth-order valence-corrected chi connectivity index (χ4v) is 2.43. The van der Waals surface area contributed by atoms with Gasteiger partial charge in [0.2, 0.25) is 0 Å². The van der Waals surface area contributed by atoms with Gasteiger partial charge in [-0.2, -0.15) is 5.10 Å². The molecule has 0 radical (unpaired) electrons. The maximum atomic E-state index is 12.4. The second kappa shape index (κ2) is 5.26. The Hall–Kier alpha value is -2.27. The molecule has 0 spiro atoms. The Morgan fingerprint density at radius 2 is 2.29 bits per heavy atom. The van der Waals surface area contributed by atoms with Crippen molar-refractivity contribution >= 4 is 28.5 Å². The number of aromatic amines is 1. The number of nitrogens with one attached hydrogen (secondary N) is 2. The van der Waals surface area contributed by atoms with E-state index in [1.165, 1.54) is 0 Å². The van der Waals surface area contributed by atoms with Crippen LogP contribution in [0.4, 0.5) is 0 Å². The lowest BCUT2D eigenvalue weighted by Crippen LogP contribution is -2.26. The Balaban J connectivity index is 1.89. The third-order valence-corrected chi connectivity index (χ3v) is 3.71. The van der Waals surface area contributed by atoms with Crippen LogP contribution in [0.5, 0.6) is 0 Å². The number of hydrogen-bond donors (Lipinski definition) is 2. The number of carbonyl (C=O) groups excluding carboxylic acids is 1. The highest BCUT2D eigenvalue weighted by Crippen LogP contribution is 2.28. The largest absolute Gasteiger partial charge is 0.451 e. The zero-order chi connectivity index (χ0) is 15.0. The summed E-state index contributed by atoms with van der Waals surface area (Å²) in [6.07, 6.45) is 3.42. The summed E-state index contributed by atoms with van der Waals surface area (Å²) in [5.41, 5.74) is 2.34. The molecule has 0 aliphatic heterocycles. The highest BCUT2D eigenvalue weighted by Gasteiger charge is 2.20. The Morgan fingerprint density at radius 1 is 1.48 bits per heavy atom. The van der Waals surface area contributed by atoms with Crippen molar-refractivity contribution in [2.75, 3.05) is 0 Å². The lowest BCUT2D eigenvalue weighted by atomic mass is 10.1. The second-order valence-electron chi connectivity index (χ2n) is 4.92. The number of nitrogens with zero attached hydrogens (tertiary/aromatic N) is 1. The summed E-state index contributed by atoms with van der Waals surface area (Å²) < 4.78 is 5.64. The molecule has 1 amide bonds. The first kappa shape index (κ1) is 13.7. The number of halogens is 1. The molecule has 6 heteroatoms. The van der Waals surface area contributed by atoms with E-state index in [9.17, 15) is 4.79 Å². The molecule has 5 nitrogen and oxygen atoms in total. The smallest absolute Gasteiger partial charge is 0.287 e. The summed E-state index contributed by atoms with van der Waals surface area (Å²) in [6.45, 7) is 3.73. The molecule has 0 saturated carbocycles. The molecule has 1 aromatic carbocycles. The van der Waals surface area contributed by atoms with Crippen LogP contribution in [0.25, 0.3) is 11.0 Å². The summed E-state index contributed by atoms with van der Waals surface area (Å²) >= 11 is 5.98. The van der Waals surface area contributed by atoms with Gasteiger partial charge < -0.3 is 9.73 Å². The second-order valence-corrected chi connectivity index (χ2v) is 5.36. The monoisotopic (exact) mass is 303 g/mol. The third-order valence-electron chi connectivity index (χ3n) is 3.47. The van der Waals surface area contributed by atoms with Crippen LogP contribution in [0.2, 0.25) is 5.02 Å². The number of amides is 1. The minimum absolute atomic E-state index is 0.160. The van der Waals surface area contributed by atoms with E-state index in [1.54, 1.807) is 30.6 Å². The van der Waals surface area contributed by atoms with Gasteiger partial charge in [-0.15, -0.1) is 0 Å². The Bertz CT molecular complexity index is 793. The number of hydrogen-bond acceptors (Lipinski definition) is 3. The SMILES string of the molecule is Cc1c(C(=O)NC(C)c2cn[nH]c2)oc2ccc(Cl)cc12. The zero-order valence-electron chi connectivity index (χ0n) is 11.6. The van der Waals surface area contributed by atoms with Gasteiger partial charge in [0.25, 0.3) is 5.91 Å². The molecular formula is C15H14ClN3O2. The summed E-state index contributed by atoms with van der Waals surface area (Å²) in [7, 11) is 0. The molecule has 3 rings (SSSR count). The van der Waals surface area contributed by atoms with Crippen LogP contribution in [0, 0.1) is 6.92 Å². The minimum atomic E-state index is -0.256. The number of aromatic nitrogens is 2. The lowest BCUT2D eigenvalue weighted by Gasteiger charge is -2.10. The fraction of sp³-hybridized carbons (Fsp3) is 0.200. The molecule has 21 heavy (non-hydrogen) atoms. The molecule has 0 fully saturated rings. The number of H-pyrrole nitrogens is 1. The Kier molecular flexibility index (Phi) is 3.43. The van der Waals surface area contributed by atoms with Crippen LogP contribution in [-0.4, -0.2) is 16.1 Å². The number of aryl methyl sites for hydroxylation is 1. The van der Waals surface area contributed by atoms with Gasteiger partial charge in [0.05, 0.1) is 12.2 Å². The highest BCUT2D eigenvalue weighted by molar-refractivity contribution is 6.31. The molecule has 0 saturated heterocycles. The Labute approximate surface area is 126 Å². The first-order valence-electron chi connectivity index (χ1n) is 6.54. The van der Waals surface area contributed by atoms with E-state index in [4.69, 9.17) is 16.0 Å². The van der Waals surface area contributed by atoms with Crippen LogP contribution >= 0.6 is 11.6 Å². The molecule has 0 aliphatic rings. The van der Waals surface area contributed by atoms with Crippen LogP contribution in [0.1, 0.15) is 34.6 Å². The summed E-state index contributed by atoms with van der Waals surface area (Å²) in [4.78, 5) is 12.4. The van der Waals surface area contributed by atoms with Gasteiger partial charge in [-0.3, -0.25) is 9.89 Å². The van der Waals surface area contributed by atoms with Gasteiger partial charge >= 0.3 is 0 Å². The maximum Gasteiger partial charge on any atom is 0.287 e. The van der Waals surface area contributed by atoms with E-state index in [1.807, 2.05) is 13.8 Å². The predicted molar refractivity (Wildman–Crippen MR) is 80.4 cm³/mol. The van der Waals surface area contributed by atoms with Crippen molar-refractivity contribution in [1.82, 2.24) is 15.5 Å². The molecule has 2 N–H and O–H groups in total. The van der Waals surface area contributed by atoms with E-state index < -0.39 is 0 Å². The van der Waals surface area contributed by atoms with Gasteiger partial charge in [-0.25, -0.2) is 0 Å². The van der Waals surface area contributed by atoms with Crippen molar-refractivity contribution in [1.29, 1.82) is 0 Å². The summed E-state index contributed by atoms with van der Waals surface area (Å²) in [5, 5.41) is 10.9. The van der Waals surface area contributed by atoms with Crippen molar-refractivity contribution in [3.05, 3.63) is 52.5 Å². The van der Waals surface area contributed by atoms with E-state index in [0.717, 1.165) is 16.5 Å². The highest BCUT2D eigenvalue weighted by atomic mass is 35.5. The minimum Gasteiger partial charge on any atom is -0.451 e. The third kappa shape index (κ3) is 2.52. The molecule has 1 atom stereocenters. The van der Waals surface area contributed by atoms with Crippen molar-refractivity contribution < 1.29 is 9.21 Å². The van der Waals surface area contributed by atoms with Crippen LogP contribution < -0.4 is 5.32 Å². The van der Waals surface area contributed by atoms with Crippen LogP contribution in [-0.2, 0) is 0 Å². The molecule has 0 bridgehead atoms. The van der Waals surface area contributed by atoms with Crippen molar-refractivity contribution in [3.63, 3.8) is 0 Å². The molecular weight excluding hydrogens is 290 g/mol. The average Bonchev–Trinajstić information content (AvgIpc) is 3.08. The van der Waals surface area contributed by atoms with Crippen molar-refractivity contribution in [2.45, 2.75) is 19.9 Å². The normalized spacial score (nSPS) is 12.5. The number of furan rings is 1. The fourth-order valence-electron chi connectivity index (χ4n) is 2.25. The van der Waals surface area contributed by atoms with Gasteiger partial charge in [-0.1, -0.05) is 11.6 Å². The predicted octanol–water partition coefficient (Wildman–Crippen LogP) is 3.61. The quantitative estimate of drug-likeness (QED) is 0.776. The average molecular weight is 304 g/mol. The number of fused-ring (bicyclic) bond motifs is 1. The van der Waals surface area contributed by atoms with E-state index in [2.05, 4.69) is 15.5 Å². The van der Waals surface area contributed by atoms with E-state index in [-0.39, 0.29) is 11.9 Å². The molecule has 1 unspecified atom stereocenters.